The fraction of sp³-hybridized carbons (Fsp3) is 0.188. The van der Waals surface area contributed by atoms with Gasteiger partial charge in [-0.25, -0.2) is 19.9 Å². The smallest absolute Gasteiger partial charge is 0.340 e. The molecule has 0 spiro atoms. The number of aromatic amines is 2. The van der Waals surface area contributed by atoms with Gasteiger partial charge in [0.1, 0.15) is 11.6 Å². The molecule has 0 atom stereocenters. The van der Waals surface area contributed by atoms with Crippen LogP contribution in [0.15, 0.2) is 47.4 Å². The molecule has 24 heavy (non-hydrogen) atoms. The van der Waals surface area contributed by atoms with Gasteiger partial charge in [-0.05, 0) is 6.07 Å². The Morgan fingerprint density at radius 2 is 2.00 bits per heavy atom. The van der Waals surface area contributed by atoms with E-state index in [-0.39, 0.29) is 12.3 Å². The van der Waals surface area contributed by atoms with E-state index in [1.165, 1.54) is 0 Å². The standard InChI is InChI=1S/C16H16N6O2/c23-15(10-14-20-16(24)22-21-14)18-9-7-13-17-8-6-12(19-13)11-4-2-1-3-5-11/h1-6,8H,7,9-10H2,(H,18,23)(H2,20,21,22,24). The minimum Gasteiger partial charge on any atom is -0.355 e. The first-order valence-electron chi connectivity index (χ1n) is 7.48. The van der Waals surface area contributed by atoms with E-state index < -0.39 is 5.69 Å². The third kappa shape index (κ3) is 4.13. The summed E-state index contributed by atoms with van der Waals surface area (Å²) in [4.78, 5) is 33.8. The van der Waals surface area contributed by atoms with Gasteiger partial charge in [-0.3, -0.25) is 9.78 Å². The zero-order chi connectivity index (χ0) is 16.8. The quantitative estimate of drug-likeness (QED) is 0.609. The lowest BCUT2D eigenvalue weighted by molar-refractivity contribution is -0.120. The van der Waals surface area contributed by atoms with Crippen LogP contribution in [0.5, 0.6) is 0 Å². The molecule has 0 bridgehead atoms. The Balaban J connectivity index is 1.53. The zero-order valence-corrected chi connectivity index (χ0v) is 12.8. The Labute approximate surface area is 137 Å². The molecule has 0 aliphatic carbocycles. The Morgan fingerprint density at radius 3 is 2.75 bits per heavy atom. The van der Waals surface area contributed by atoms with Crippen LogP contribution in [0.3, 0.4) is 0 Å². The van der Waals surface area contributed by atoms with Gasteiger partial charge in [0.15, 0.2) is 0 Å². The molecule has 3 N–H and O–H groups in total. The summed E-state index contributed by atoms with van der Waals surface area (Å²) in [6, 6.07) is 11.7. The highest BCUT2D eigenvalue weighted by Crippen LogP contribution is 2.15. The molecule has 0 fully saturated rings. The number of H-pyrrole nitrogens is 2. The molecule has 3 rings (SSSR count). The third-order valence-corrected chi connectivity index (χ3v) is 3.32. The van der Waals surface area contributed by atoms with Crippen molar-refractivity contribution < 1.29 is 4.79 Å². The molecule has 0 saturated heterocycles. The summed E-state index contributed by atoms with van der Waals surface area (Å²) in [5.41, 5.74) is 1.44. The number of hydrogen-bond donors (Lipinski definition) is 3. The van der Waals surface area contributed by atoms with Crippen LogP contribution in [-0.4, -0.2) is 37.6 Å². The molecule has 2 heterocycles. The van der Waals surface area contributed by atoms with Gasteiger partial charge < -0.3 is 5.32 Å². The highest BCUT2D eigenvalue weighted by atomic mass is 16.2. The molecule has 8 nitrogen and oxygen atoms in total. The summed E-state index contributed by atoms with van der Waals surface area (Å²) in [7, 11) is 0. The minimum atomic E-state index is -0.427. The van der Waals surface area contributed by atoms with Crippen molar-refractivity contribution in [2.24, 2.45) is 0 Å². The van der Waals surface area contributed by atoms with Gasteiger partial charge >= 0.3 is 5.69 Å². The summed E-state index contributed by atoms with van der Waals surface area (Å²) >= 11 is 0. The maximum Gasteiger partial charge on any atom is 0.340 e. The van der Waals surface area contributed by atoms with Crippen LogP contribution in [0, 0.1) is 0 Å². The lowest BCUT2D eigenvalue weighted by Crippen LogP contribution is -2.28. The second-order valence-corrected chi connectivity index (χ2v) is 5.13. The van der Waals surface area contributed by atoms with Crippen LogP contribution in [0.1, 0.15) is 11.6 Å². The fourth-order valence-corrected chi connectivity index (χ4v) is 2.21. The third-order valence-electron chi connectivity index (χ3n) is 3.32. The molecule has 8 heteroatoms. The van der Waals surface area contributed by atoms with Crippen molar-refractivity contribution in [3.8, 4) is 11.3 Å². The summed E-state index contributed by atoms with van der Waals surface area (Å²) in [5, 5.41) is 8.66. The van der Waals surface area contributed by atoms with Crippen LogP contribution in [-0.2, 0) is 17.6 Å². The fourth-order valence-electron chi connectivity index (χ4n) is 2.21. The molecule has 1 amide bonds. The number of benzene rings is 1. The minimum absolute atomic E-state index is 0.0175. The van der Waals surface area contributed by atoms with Crippen LogP contribution in [0.25, 0.3) is 11.3 Å². The van der Waals surface area contributed by atoms with Crippen LogP contribution < -0.4 is 11.0 Å². The molecule has 0 aliphatic heterocycles. The molecular formula is C16H16N6O2. The van der Waals surface area contributed by atoms with E-state index in [9.17, 15) is 9.59 Å². The Bertz CT molecular complexity index is 871. The Hall–Kier alpha value is -3.29. The summed E-state index contributed by atoms with van der Waals surface area (Å²) in [6.07, 6.45) is 2.24. The van der Waals surface area contributed by atoms with E-state index >= 15 is 0 Å². The van der Waals surface area contributed by atoms with Crippen molar-refractivity contribution in [2.75, 3.05) is 6.54 Å². The molecule has 0 unspecified atom stereocenters. The predicted octanol–water partition coefficient (Wildman–Crippen LogP) is 0.456. The first-order valence-corrected chi connectivity index (χ1v) is 7.48. The van der Waals surface area contributed by atoms with E-state index in [1.807, 2.05) is 36.4 Å². The second kappa shape index (κ2) is 7.32. The number of nitrogens with zero attached hydrogens (tertiary/aromatic N) is 3. The summed E-state index contributed by atoms with van der Waals surface area (Å²) < 4.78 is 0. The second-order valence-electron chi connectivity index (χ2n) is 5.13. The van der Waals surface area contributed by atoms with Crippen molar-refractivity contribution in [3.05, 3.63) is 64.7 Å². The van der Waals surface area contributed by atoms with Gasteiger partial charge in [-0.1, -0.05) is 30.3 Å². The lowest BCUT2D eigenvalue weighted by Gasteiger charge is -2.05. The molecule has 0 aliphatic rings. The molecule has 2 aromatic heterocycles. The summed E-state index contributed by atoms with van der Waals surface area (Å²) in [5.74, 6) is 0.738. The first kappa shape index (κ1) is 15.6. The van der Waals surface area contributed by atoms with Crippen molar-refractivity contribution in [2.45, 2.75) is 12.8 Å². The Morgan fingerprint density at radius 1 is 1.17 bits per heavy atom. The first-order chi connectivity index (χ1) is 11.7. The Kier molecular flexibility index (Phi) is 4.76. The molecule has 3 aromatic rings. The zero-order valence-electron chi connectivity index (χ0n) is 12.8. The predicted molar refractivity (Wildman–Crippen MR) is 87.1 cm³/mol. The van der Waals surface area contributed by atoms with E-state index in [2.05, 4.69) is 30.5 Å². The number of nitrogens with one attached hydrogen (secondary N) is 3. The highest BCUT2D eigenvalue weighted by Gasteiger charge is 2.07. The van der Waals surface area contributed by atoms with Gasteiger partial charge in [0.05, 0.1) is 12.1 Å². The topological polar surface area (TPSA) is 116 Å². The lowest BCUT2D eigenvalue weighted by atomic mass is 10.1. The SMILES string of the molecule is O=C(Cc1n[nH]c(=O)[nH]1)NCCc1nccc(-c2ccccc2)n1. The van der Waals surface area contributed by atoms with Gasteiger partial charge in [0.25, 0.3) is 0 Å². The molecule has 0 radical (unpaired) electrons. The number of carbonyl (C=O) groups is 1. The normalized spacial score (nSPS) is 10.5. The van der Waals surface area contributed by atoms with Crippen molar-refractivity contribution in [3.63, 3.8) is 0 Å². The van der Waals surface area contributed by atoms with Gasteiger partial charge in [-0.15, -0.1) is 0 Å². The van der Waals surface area contributed by atoms with Crippen molar-refractivity contribution >= 4 is 5.91 Å². The maximum absolute atomic E-state index is 11.8. The molecular weight excluding hydrogens is 308 g/mol. The number of rotatable bonds is 6. The van der Waals surface area contributed by atoms with Crippen LogP contribution in [0.4, 0.5) is 0 Å². The van der Waals surface area contributed by atoms with Gasteiger partial charge in [0, 0.05) is 24.7 Å². The van der Waals surface area contributed by atoms with Crippen molar-refractivity contribution in [1.82, 2.24) is 30.5 Å². The summed E-state index contributed by atoms with van der Waals surface area (Å²) in [6.45, 7) is 0.408. The van der Waals surface area contributed by atoms with Crippen LogP contribution in [0.2, 0.25) is 0 Å². The average molecular weight is 324 g/mol. The molecule has 122 valence electrons. The van der Waals surface area contributed by atoms with Crippen molar-refractivity contribution in [1.29, 1.82) is 0 Å². The van der Waals surface area contributed by atoms with E-state index in [1.54, 1.807) is 6.20 Å². The monoisotopic (exact) mass is 324 g/mol. The van der Waals surface area contributed by atoms with Gasteiger partial charge in [0.2, 0.25) is 5.91 Å². The maximum atomic E-state index is 11.8. The van der Waals surface area contributed by atoms with E-state index in [0.29, 0.717) is 24.6 Å². The van der Waals surface area contributed by atoms with Crippen LogP contribution >= 0.6 is 0 Å². The van der Waals surface area contributed by atoms with E-state index in [4.69, 9.17) is 0 Å². The average Bonchev–Trinajstić information content (AvgIpc) is 3.01. The largest absolute Gasteiger partial charge is 0.355 e. The van der Waals surface area contributed by atoms with Gasteiger partial charge in [-0.2, -0.15) is 5.10 Å². The molecule has 0 saturated carbocycles. The number of carbonyl (C=O) groups excluding carboxylic acids is 1. The number of aromatic nitrogens is 5. The van der Waals surface area contributed by atoms with E-state index in [0.717, 1.165) is 11.3 Å². The molecule has 1 aromatic carbocycles. The highest BCUT2D eigenvalue weighted by molar-refractivity contribution is 5.77. The number of hydrogen-bond acceptors (Lipinski definition) is 5. The number of amides is 1.